The zero-order valence-electron chi connectivity index (χ0n) is 17.6. The minimum atomic E-state index is -3.75. The van der Waals surface area contributed by atoms with Crippen LogP contribution in [0.2, 0.25) is 0 Å². The van der Waals surface area contributed by atoms with Gasteiger partial charge >= 0.3 is 5.97 Å². The lowest BCUT2D eigenvalue weighted by Gasteiger charge is -2.09. The molecule has 0 spiro atoms. The summed E-state index contributed by atoms with van der Waals surface area (Å²) in [7, 11) is -3.75. The summed E-state index contributed by atoms with van der Waals surface area (Å²) in [6, 6.07) is 20.8. The topological polar surface area (TPSA) is 115 Å². The molecule has 1 aromatic heterocycles. The summed E-state index contributed by atoms with van der Waals surface area (Å²) in [6.45, 7) is 1.83. The van der Waals surface area contributed by atoms with E-state index in [4.69, 9.17) is 9.15 Å². The van der Waals surface area contributed by atoms with E-state index in [1.807, 2.05) is 0 Å². The van der Waals surface area contributed by atoms with Gasteiger partial charge in [0.2, 0.25) is 5.76 Å². The highest BCUT2D eigenvalue weighted by Gasteiger charge is 2.23. The number of sulfonamides is 1. The Bertz CT molecular complexity index is 1410. The molecule has 168 valence electrons. The summed E-state index contributed by atoms with van der Waals surface area (Å²) >= 11 is 0. The third-order valence-electron chi connectivity index (χ3n) is 4.75. The van der Waals surface area contributed by atoms with Crippen molar-refractivity contribution >= 4 is 44.2 Å². The van der Waals surface area contributed by atoms with E-state index in [1.54, 1.807) is 49.4 Å². The average Bonchev–Trinajstić information content (AvgIpc) is 3.18. The third kappa shape index (κ3) is 4.73. The van der Waals surface area contributed by atoms with E-state index < -0.39 is 21.9 Å². The molecule has 9 heteroatoms. The first kappa shape index (κ1) is 22.1. The number of esters is 1. The maximum atomic E-state index is 12.9. The fourth-order valence-corrected chi connectivity index (χ4v) is 4.28. The Morgan fingerprint density at radius 3 is 2.27 bits per heavy atom. The second-order valence-corrected chi connectivity index (χ2v) is 8.66. The Morgan fingerprint density at radius 1 is 0.909 bits per heavy atom. The van der Waals surface area contributed by atoms with Gasteiger partial charge in [-0.05, 0) is 55.5 Å². The second-order valence-electron chi connectivity index (χ2n) is 6.97. The summed E-state index contributed by atoms with van der Waals surface area (Å²) < 4.78 is 38.0. The normalized spacial score (nSPS) is 11.2. The van der Waals surface area contributed by atoms with E-state index in [0.29, 0.717) is 16.7 Å². The molecular weight excluding hydrogens is 444 g/mol. The van der Waals surface area contributed by atoms with Gasteiger partial charge in [0.05, 0.1) is 11.5 Å². The summed E-state index contributed by atoms with van der Waals surface area (Å²) in [4.78, 5) is 25.3. The quantitative estimate of drug-likeness (QED) is 0.384. The molecule has 0 bridgehead atoms. The number of rotatable bonds is 7. The highest BCUT2D eigenvalue weighted by molar-refractivity contribution is 7.92. The van der Waals surface area contributed by atoms with Gasteiger partial charge in [-0.1, -0.05) is 30.3 Å². The van der Waals surface area contributed by atoms with Gasteiger partial charge in [0.25, 0.3) is 15.9 Å². The first-order valence-electron chi connectivity index (χ1n) is 10.1. The molecule has 0 fully saturated rings. The van der Waals surface area contributed by atoms with E-state index in [0.717, 1.165) is 0 Å². The van der Waals surface area contributed by atoms with Crippen molar-refractivity contribution in [3.8, 4) is 0 Å². The predicted octanol–water partition coefficient (Wildman–Crippen LogP) is 4.66. The molecule has 33 heavy (non-hydrogen) atoms. The number of fused-ring (bicyclic) bond motifs is 1. The number of furan rings is 1. The molecule has 8 nitrogen and oxygen atoms in total. The monoisotopic (exact) mass is 464 g/mol. The van der Waals surface area contributed by atoms with Gasteiger partial charge in [0.1, 0.15) is 11.3 Å². The number of carbonyl (C=O) groups is 2. The van der Waals surface area contributed by atoms with Crippen LogP contribution in [0.1, 0.15) is 27.8 Å². The van der Waals surface area contributed by atoms with Gasteiger partial charge in [-0.25, -0.2) is 13.2 Å². The lowest BCUT2D eigenvalue weighted by atomic mass is 10.1. The van der Waals surface area contributed by atoms with E-state index >= 15 is 0 Å². The Morgan fingerprint density at radius 2 is 1.58 bits per heavy atom. The minimum absolute atomic E-state index is 0.0985. The molecule has 0 aliphatic carbocycles. The maximum Gasteiger partial charge on any atom is 0.376 e. The number of hydrogen-bond acceptors (Lipinski definition) is 6. The van der Waals surface area contributed by atoms with Gasteiger partial charge < -0.3 is 14.5 Å². The van der Waals surface area contributed by atoms with Crippen molar-refractivity contribution in [2.24, 2.45) is 0 Å². The van der Waals surface area contributed by atoms with Crippen LogP contribution in [0.25, 0.3) is 11.0 Å². The van der Waals surface area contributed by atoms with Crippen molar-refractivity contribution in [3.63, 3.8) is 0 Å². The summed E-state index contributed by atoms with van der Waals surface area (Å²) in [5, 5.41) is 3.27. The number of amides is 1. The summed E-state index contributed by atoms with van der Waals surface area (Å²) in [6.07, 6.45) is 0. The Labute approximate surface area is 190 Å². The fourth-order valence-electron chi connectivity index (χ4n) is 3.20. The van der Waals surface area contributed by atoms with E-state index in [1.165, 1.54) is 36.4 Å². The number of para-hydroxylation sites is 1. The van der Waals surface area contributed by atoms with Gasteiger partial charge in [-0.2, -0.15) is 0 Å². The van der Waals surface area contributed by atoms with Crippen LogP contribution in [0.4, 0.5) is 11.4 Å². The van der Waals surface area contributed by atoms with E-state index in [9.17, 15) is 18.0 Å². The zero-order chi connectivity index (χ0) is 23.4. The molecule has 2 N–H and O–H groups in total. The van der Waals surface area contributed by atoms with Crippen LogP contribution in [-0.4, -0.2) is 26.9 Å². The lowest BCUT2D eigenvalue weighted by Crippen LogP contribution is -2.15. The SMILES string of the molecule is CCOC(=O)c1oc2ccccc2c1NC(=O)c1ccc(NS(=O)(=O)c2ccccc2)cc1. The summed E-state index contributed by atoms with van der Waals surface area (Å²) in [5.74, 6) is -1.28. The van der Waals surface area contributed by atoms with Crippen molar-refractivity contribution in [1.29, 1.82) is 0 Å². The first-order chi connectivity index (χ1) is 15.9. The number of nitrogens with one attached hydrogen (secondary N) is 2. The van der Waals surface area contributed by atoms with Crippen molar-refractivity contribution in [2.45, 2.75) is 11.8 Å². The number of benzene rings is 3. The van der Waals surface area contributed by atoms with Crippen LogP contribution in [0.15, 0.2) is 88.2 Å². The molecule has 3 aromatic carbocycles. The lowest BCUT2D eigenvalue weighted by molar-refractivity contribution is 0.0494. The minimum Gasteiger partial charge on any atom is -0.460 e. The van der Waals surface area contributed by atoms with Crippen LogP contribution in [0.3, 0.4) is 0 Å². The fraction of sp³-hybridized carbons (Fsp3) is 0.0833. The Balaban J connectivity index is 1.56. The molecule has 0 aliphatic heterocycles. The molecule has 0 unspecified atom stereocenters. The summed E-state index contributed by atoms with van der Waals surface area (Å²) in [5.41, 5.74) is 1.21. The predicted molar refractivity (Wildman–Crippen MR) is 124 cm³/mol. The van der Waals surface area contributed by atoms with Gasteiger partial charge in [0.15, 0.2) is 0 Å². The van der Waals surface area contributed by atoms with Crippen LogP contribution in [0.5, 0.6) is 0 Å². The molecule has 4 rings (SSSR count). The molecule has 1 amide bonds. The van der Waals surface area contributed by atoms with Crippen LogP contribution < -0.4 is 10.0 Å². The molecule has 1 heterocycles. The van der Waals surface area contributed by atoms with Gasteiger partial charge in [-0.15, -0.1) is 0 Å². The van der Waals surface area contributed by atoms with E-state index in [-0.39, 0.29) is 28.5 Å². The van der Waals surface area contributed by atoms with Crippen molar-refractivity contribution < 1.29 is 27.2 Å². The number of anilines is 2. The standard InChI is InChI=1S/C24H20N2O6S/c1-2-31-24(28)22-21(19-10-6-7-11-20(19)32-22)25-23(27)16-12-14-17(15-13-16)26-33(29,30)18-8-4-3-5-9-18/h3-15,26H,2H2,1H3,(H,25,27). The maximum absolute atomic E-state index is 12.9. The smallest absolute Gasteiger partial charge is 0.376 e. The Hall–Kier alpha value is -4.11. The highest BCUT2D eigenvalue weighted by Crippen LogP contribution is 2.32. The molecule has 0 aliphatic rings. The van der Waals surface area contributed by atoms with E-state index in [2.05, 4.69) is 10.0 Å². The average molecular weight is 464 g/mol. The number of ether oxygens (including phenoxy) is 1. The van der Waals surface area contributed by atoms with Crippen molar-refractivity contribution in [3.05, 3.63) is 90.2 Å². The molecular formula is C24H20N2O6S. The van der Waals surface area contributed by atoms with Gasteiger partial charge in [-0.3, -0.25) is 9.52 Å². The molecule has 0 saturated carbocycles. The largest absolute Gasteiger partial charge is 0.460 e. The van der Waals surface area contributed by atoms with Crippen molar-refractivity contribution in [1.82, 2.24) is 0 Å². The molecule has 0 atom stereocenters. The third-order valence-corrected chi connectivity index (χ3v) is 6.14. The van der Waals surface area contributed by atoms with Gasteiger partial charge in [0, 0.05) is 16.6 Å². The zero-order valence-corrected chi connectivity index (χ0v) is 18.4. The van der Waals surface area contributed by atoms with Crippen LogP contribution in [-0.2, 0) is 14.8 Å². The molecule has 0 radical (unpaired) electrons. The molecule has 0 saturated heterocycles. The van der Waals surface area contributed by atoms with Crippen LogP contribution in [0, 0.1) is 0 Å². The number of carbonyl (C=O) groups excluding carboxylic acids is 2. The second kappa shape index (κ2) is 9.17. The van der Waals surface area contributed by atoms with Crippen molar-refractivity contribution in [2.75, 3.05) is 16.6 Å². The Kier molecular flexibility index (Phi) is 6.14. The highest BCUT2D eigenvalue weighted by atomic mass is 32.2. The molecule has 4 aromatic rings. The number of hydrogen-bond donors (Lipinski definition) is 2. The van der Waals surface area contributed by atoms with Crippen LogP contribution >= 0.6 is 0 Å². The first-order valence-corrected chi connectivity index (χ1v) is 11.6.